The van der Waals surface area contributed by atoms with Gasteiger partial charge in [-0.05, 0) is 64.7 Å². The quantitative estimate of drug-likeness (QED) is 0.274. The molecule has 3 aromatic rings. The van der Waals surface area contributed by atoms with Crippen LogP contribution in [0.3, 0.4) is 0 Å². The van der Waals surface area contributed by atoms with Crippen LogP contribution in [0.2, 0.25) is 5.02 Å². The minimum atomic E-state index is -1.55. The first-order chi connectivity index (χ1) is 18.7. The van der Waals surface area contributed by atoms with Crippen molar-refractivity contribution < 1.29 is 19.4 Å². The predicted molar refractivity (Wildman–Crippen MR) is 150 cm³/mol. The number of nitrogens with one attached hydrogen (secondary N) is 1. The summed E-state index contributed by atoms with van der Waals surface area (Å²) in [5.41, 5.74) is 0.912. The number of ketones is 1. The predicted octanol–water partition coefficient (Wildman–Crippen LogP) is 4.95. The molecule has 1 amide bonds. The maximum atomic E-state index is 13.1. The van der Waals surface area contributed by atoms with Crippen molar-refractivity contribution in [3.8, 4) is 17.0 Å². The lowest BCUT2D eigenvalue weighted by Gasteiger charge is -2.42. The number of aromatic nitrogens is 2. The molecule has 2 fully saturated rings. The number of halogens is 1. The molecule has 1 saturated heterocycles. The van der Waals surface area contributed by atoms with E-state index in [2.05, 4.69) is 24.3 Å². The summed E-state index contributed by atoms with van der Waals surface area (Å²) >= 11 is 6.53. The van der Waals surface area contributed by atoms with Crippen molar-refractivity contribution in [2.45, 2.75) is 70.4 Å². The van der Waals surface area contributed by atoms with Crippen LogP contribution in [0.5, 0.6) is 5.75 Å². The van der Waals surface area contributed by atoms with Crippen molar-refractivity contribution in [2.75, 3.05) is 13.1 Å². The molecule has 0 bridgehead atoms. The first-order valence-corrected chi connectivity index (χ1v) is 14.0. The minimum Gasteiger partial charge on any atom is -0.489 e. The van der Waals surface area contributed by atoms with Gasteiger partial charge in [-0.25, -0.2) is 0 Å². The Morgan fingerprint density at radius 3 is 2.36 bits per heavy atom. The number of amides is 1. The fraction of sp³-hybridized carbons (Fsp3) is 0.433. The highest BCUT2D eigenvalue weighted by Crippen LogP contribution is 2.38. The van der Waals surface area contributed by atoms with Crippen LogP contribution in [0.15, 0.2) is 54.7 Å². The van der Waals surface area contributed by atoms with Gasteiger partial charge >= 0.3 is 0 Å². The van der Waals surface area contributed by atoms with Crippen LogP contribution in [0.4, 0.5) is 0 Å². The Hall–Kier alpha value is -3.20. The van der Waals surface area contributed by atoms with Gasteiger partial charge in [0.05, 0.1) is 22.9 Å². The second-order valence-corrected chi connectivity index (χ2v) is 11.2. The van der Waals surface area contributed by atoms with Crippen molar-refractivity contribution in [3.05, 3.63) is 70.9 Å². The number of ether oxygens (including phenoxy) is 1. The Morgan fingerprint density at radius 2 is 1.77 bits per heavy atom. The molecule has 0 radical (unpaired) electrons. The Bertz CT molecular complexity index is 1350. The molecule has 206 valence electrons. The molecule has 2 N–H and O–H groups in total. The number of carbonyl (C=O) groups excluding carboxylic acids is 2. The monoisotopic (exact) mass is 550 g/mol. The van der Waals surface area contributed by atoms with E-state index in [1.807, 2.05) is 21.8 Å². The Balaban J connectivity index is 1.32. The lowest BCUT2D eigenvalue weighted by atomic mass is 9.93. The highest BCUT2D eigenvalue weighted by atomic mass is 35.5. The number of carbonyl (C=O) groups is 2. The van der Waals surface area contributed by atoms with E-state index >= 15 is 0 Å². The largest absolute Gasteiger partial charge is 0.489 e. The second-order valence-electron chi connectivity index (χ2n) is 10.8. The minimum absolute atomic E-state index is 0.196. The highest BCUT2D eigenvalue weighted by Gasteiger charge is 2.44. The number of hydrogen-bond donors (Lipinski definition) is 2. The third-order valence-electron chi connectivity index (χ3n) is 7.50. The van der Waals surface area contributed by atoms with E-state index < -0.39 is 23.5 Å². The van der Waals surface area contributed by atoms with Gasteiger partial charge in [0.1, 0.15) is 5.75 Å². The van der Waals surface area contributed by atoms with Crippen LogP contribution in [-0.4, -0.2) is 56.7 Å². The summed E-state index contributed by atoms with van der Waals surface area (Å²) < 4.78 is 7.72. The third kappa shape index (κ3) is 5.73. The van der Waals surface area contributed by atoms with Gasteiger partial charge in [0.25, 0.3) is 5.91 Å². The molecule has 2 atom stereocenters. The molecule has 5 rings (SSSR count). The van der Waals surface area contributed by atoms with E-state index in [0.717, 1.165) is 36.9 Å². The Kier molecular flexibility index (Phi) is 7.80. The van der Waals surface area contributed by atoms with Gasteiger partial charge in [0.2, 0.25) is 5.78 Å². The summed E-state index contributed by atoms with van der Waals surface area (Å²) in [4.78, 5) is 28.1. The van der Waals surface area contributed by atoms with Gasteiger partial charge < -0.3 is 15.2 Å². The zero-order valence-corrected chi connectivity index (χ0v) is 23.3. The molecule has 9 heteroatoms. The van der Waals surface area contributed by atoms with Gasteiger partial charge in [-0.1, -0.05) is 41.9 Å². The molecule has 2 aromatic carbocycles. The zero-order valence-electron chi connectivity index (χ0n) is 22.6. The molecule has 0 unspecified atom stereocenters. The summed E-state index contributed by atoms with van der Waals surface area (Å²) in [6.07, 6.45) is 5.99. The van der Waals surface area contributed by atoms with E-state index in [4.69, 9.17) is 16.3 Å². The van der Waals surface area contributed by atoms with Gasteiger partial charge in [0.15, 0.2) is 5.72 Å². The van der Waals surface area contributed by atoms with Crippen molar-refractivity contribution in [1.29, 1.82) is 0 Å². The maximum Gasteiger partial charge on any atom is 0.292 e. The number of Topliss-reactive ketones (excluding diaryl/α,β-unsaturated/α-hetero) is 1. The van der Waals surface area contributed by atoms with E-state index in [-0.39, 0.29) is 17.7 Å². The summed E-state index contributed by atoms with van der Waals surface area (Å²) in [6.45, 7) is 7.14. The highest BCUT2D eigenvalue weighted by molar-refractivity contribution is 6.42. The fourth-order valence-corrected chi connectivity index (χ4v) is 5.25. The SMILES string of the molecule is CC(C)n1ccc(-c2ccc(C(=O)C(=O)N[C@H](C)[C@](O)(c3ccc(OC4CC4)c(Cl)c3)N3CCCC3)cc2)n1. The molecule has 2 heterocycles. The molecular weight excluding hydrogens is 516 g/mol. The first-order valence-electron chi connectivity index (χ1n) is 13.6. The summed E-state index contributed by atoms with van der Waals surface area (Å²) in [6, 6.07) is 13.4. The number of rotatable bonds is 10. The molecule has 0 spiro atoms. The van der Waals surface area contributed by atoms with E-state index in [9.17, 15) is 14.7 Å². The first kappa shape index (κ1) is 27.4. The van der Waals surface area contributed by atoms with Crippen molar-refractivity contribution in [1.82, 2.24) is 20.0 Å². The number of aliphatic hydroxyl groups is 1. The van der Waals surface area contributed by atoms with Crippen molar-refractivity contribution >= 4 is 23.3 Å². The summed E-state index contributed by atoms with van der Waals surface area (Å²) in [5, 5.41) is 19.8. The Labute approximate surface area is 233 Å². The fourth-order valence-electron chi connectivity index (χ4n) is 5.02. The number of nitrogens with zero attached hydrogens (tertiary/aromatic N) is 3. The molecule has 1 aliphatic heterocycles. The summed E-state index contributed by atoms with van der Waals surface area (Å²) in [7, 11) is 0. The molecule has 8 nitrogen and oxygen atoms in total. The van der Waals surface area contributed by atoms with Gasteiger partial charge in [0, 0.05) is 42.0 Å². The van der Waals surface area contributed by atoms with Crippen LogP contribution in [0.25, 0.3) is 11.3 Å². The number of likely N-dealkylation sites (tertiary alicyclic amines) is 1. The Morgan fingerprint density at radius 1 is 1.08 bits per heavy atom. The van der Waals surface area contributed by atoms with Crippen LogP contribution in [0, 0.1) is 0 Å². The number of hydrogen-bond acceptors (Lipinski definition) is 6. The molecule has 1 aliphatic carbocycles. The average Bonchev–Trinajstić information content (AvgIpc) is 3.36. The number of benzene rings is 2. The molecule has 1 aromatic heterocycles. The molecule has 39 heavy (non-hydrogen) atoms. The van der Waals surface area contributed by atoms with E-state index in [0.29, 0.717) is 29.4 Å². The van der Waals surface area contributed by atoms with Gasteiger partial charge in [-0.2, -0.15) is 5.10 Å². The van der Waals surface area contributed by atoms with E-state index in [1.165, 1.54) is 0 Å². The van der Waals surface area contributed by atoms with Crippen molar-refractivity contribution in [2.24, 2.45) is 0 Å². The smallest absolute Gasteiger partial charge is 0.292 e. The molecular formula is C30H35ClN4O4. The van der Waals surface area contributed by atoms with Gasteiger partial charge in [-0.3, -0.25) is 19.2 Å². The lowest BCUT2D eigenvalue weighted by molar-refractivity contribution is -0.139. The second kappa shape index (κ2) is 11.1. The molecule has 1 saturated carbocycles. The maximum absolute atomic E-state index is 13.1. The normalized spacial score (nSPS) is 18.1. The third-order valence-corrected chi connectivity index (χ3v) is 7.80. The van der Waals surface area contributed by atoms with E-state index in [1.54, 1.807) is 49.4 Å². The summed E-state index contributed by atoms with van der Waals surface area (Å²) in [5.74, 6) is -0.870. The van der Waals surface area contributed by atoms with Crippen molar-refractivity contribution in [3.63, 3.8) is 0 Å². The van der Waals surface area contributed by atoms with Crippen LogP contribution in [0.1, 0.15) is 68.4 Å². The average molecular weight is 551 g/mol. The molecule has 2 aliphatic rings. The van der Waals surface area contributed by atoms with Crippen LogP contribution < -0.4 is 10.1 Å². The lowest BCUT2D eigenvalue weighted by Crippen LogP contribution is -2.59. The topological polar surface area (TPSA) is 96.7 Å². The zero-order chi connectivity index (χ0) is 27.7. The standard InChI is InChI=1S/C30H35ClN4O4/c1-19(2)35-17-14-26(33-35)21-6-8-22(9-7-21)28(36)29(37)32-20(3)30(38,34-15-4-5-16-34)23-10-13-27(25(31)18-23)39-24-11-12-24/h6-10,13-14,17-20,24,38H,4-5,11-12,15-16H2,1-3H3,(H,32,37)/t20-,30+/m1/s1. The van der Waals surface area contributed by atoms with Crippen LogP contribution in [-0.2, 0) is 10.5 Å². The van der Waals surface area contributed by atoms with Gasteiger partial charge in [-0.15, -0.1) is 0 Å². The van der Waals surface area contributed by atoms with Crippen LogP contribution >= 0.6 is 11.6 Å².